The largest absolute Gasteiger partial charge is 0.493 e. The van der Waals surface area contributed by atoms with Crippen molar-refractivity contribution in [2.45, 2.75) is 32.6 Å². The number of hydrogen-bond donors (Lipinski definition) is 1. The van der Waals surface area contributed by atoms with Gasteiger partial charge in [-0.15, -0.1) is 0 Å². The van der Waals surface area contributed by atoms with Crippen LogP contribution < -0.4 is 14.8 Å². The highest BCUT2D eigenvalue weighted by Crippen LogP contribution is 2.30. The van der Waals surface area contributed by atoms with Gasteiger partial charge >= 0.3 is 0 Å². The van der Waals surface area contributed by atoms with E-state index in [0.717, 1.165) is 30.2 Å². The van der Waals surface area contributed by atoms with Crippen molar-refractivity contribution in [1.29, 1.82) is 0 Å². The van der Waals surface area contributed by atoms with Crippen LogP contribution >= 0.6 is 0 Å². The SMILES string of the molecule is CC(C)(C)c1ccccc1OCCNc1cccc(OCCc2ccccc2)c1. The normalized spacial score (nSPS) is 11.1. The molecule has 3 aromatic rings. The minimum Gasteiger partial charge on any atom is -0.493 e. The summed E-state index contributed by atoms with van der Waals surface area (Å²) >= 11 is 0. The van der Waals surface area contributed by atoms with E-state index >= 15 is 0 Å². The van der Waals surface area contributed by atoms with Gasteiger partial charge in [0.15, 0.2) is 0 Å². The summed E-state index contributed by atoms with van der Waals surface area (Å²) in [6.45, 7) is 8.61. The van der Waals surface area contributed by atoms with Gasteiger partial charge in [-0.2, -0.15) is 0 Å². The Labute approximate surface area is 174 Å². The second-order valence-electron chi connectivity index (χ2n) is 8.13. The Morgan fingerprint density at radius 3 is 2.31 bits per heavy atom. The zero-order valence-corrected chi connectivity index (χ0v) is 17.7. The molecule has 0 aliphatic rings. The summed E-state index contributed by atoms with van der Waals surface area (Å²) in [5, 5.41) is 3.42. The maximum absolute atomic E-state index is 6.04. The number of ether oxygens (including phenoxy) is 2. The number of nitrogens with one attached hydrogen (secondary N) is 1. The Bertz CT molecular complexity index is 884. The maximum Gasteiger partial charge on any atom is 0.123 e. The van der Waals surface area contributed by atoms with Crippen molar-refractivity contribution in [2.75, 3.05) is 25.1 Å². The van der Waals surface area contributed by atoms with Crippen LogP contribution in [0, 0.1) is 0 Å². The van der Waals surface area contributed by atoms with Crippen molar-refractivity contribution in [3.63, 3.8) is 0 Å². The number of anilines is 1. The first-order chi connectivity index (χ1) is 14.0. The molecule has 3 heteroatoms. The van der Waals surface area contributed by atoms with Crippen molar-refractivity contribution >= 4 is 5.69 Å². The minimum atomic E-state index is 0.0649. The highest BCUT2D eigenvalue weighted by molar-refractivity contribution is 5.48. The second kappa shape index (κ2) is 10.0. The summed E-state index contributed by atoms with van der Waals surface area (Å²) in [5.41, 5.74) is 3.62. The predicted molar refractivity (Wildman–Crippen MR) is 121 cm³/mol. The summed E-state index contributed by atoms with van der Waals surface area (Å²) in [6.07, 6.45) is 0.902. The van der Waals surface area contributed by atoms with Crippen LogP contribution in [0.3, 0.4) is 0 Å². The molecule has 3 aromatic carbocycles. The lowest BCUT2D eigenvalue weighted by Crippen LogP contribution is -2.16. The number of benzene rings is 3. The molecule has 0 aromatic heterocycles. The molecule has 0 bridgehead atoms. The van der Waals surface area contributed by atoms with Crippen LogP contribution in [0.1, 0.15) is 31.9 Å². The van der Waals surface area contributed by atoms with E-state index < -0.39 is 0 Å². The zero-order valence-electron chi connectivity index (χ0n) is 17.7. The fourth-order valence-corrected chi connectivity index (χ4v) is 3.20. The molecule has 0 saturated heterocycles. The molecule has 1 N–H and O–H groups in total. The summed E-state index contributed by atoms with van der Waals surface area (Å²) in [6, 6.07) is 26.8. The van der Waals surface area contributed by atoms with Gasteiger partial charge in [-0.25, -0.2) is 0 Å². The molecule has 0 spiro atoms. The quantitative estimate of drug-likeness (QED) is 0.449. The molecule has 3 rings (SSSR count). The molecule has 0 fully saturated rings. The molecule has 3 nitrogen and oxygen atoms in total. The standard InChI is InChI=1S/C26H31NO2/c1-26(2,3)24-14-7-8-15-25(24)29-19-17-27-22-12-9-13-23(20-22)28-18-16-21-10-5-4-6-11-21/h4-15,20,27H,16-19H2,1-3H3. The van der Waals surface area contributed by atoms with E-state index in [2.05, 4.69) is 62.5 Å². The van der Waals surface area contributed by atoms with Crippen molar-refractivity contribution in [2.24, 2.45) is 0 Å². The lowest BCUT2D eigenvalue weighted by Gasteiger charge is -2.22. The monoisotopic (exact) mass is 389 g/mol. The van der Waals surface area contributed by atoms with Crippen molar-refractivity contribution in [3.8, 4) is 11.5 Å². The second-order valence-corrected chi connectivity index (χ2v) is 8.13. The van der Waals surface area contributed by atoms with Gasteiger partial charge in [0.25, 0.3) is 0 Å². The smallest absolute Gasteiger partial charge is 0.123 e. The Morgan fingerprint density at radius 1 is 0.759 bits per heavy atom. The van der Waals surface area contributed by atoms with Gasteiger partial charge in [0.1, 0.15) is 18.1 Å². The number of para-hydroxylation sites is 1. The molecule has 0 radical (unpaired) electrons. The van der Waals surface area contributed by atoms with E-state index in [9.17, 15) is 0 Å². The predicted octanol–water partition coefficient (Wildman–Crippen LogP) is 6.10. The lowest BCUT2D eigenvalue weighted by atomic mass is 9.86. The van der Waals surface area contributed by atoms with Gasteiger partial charge in [-0.1, -0.05) is 75.4 Å². The van der Waals surface area contributed by atoms with Crippen LogP contribution in [0.15, 0.2) is 78.9 Å². The molecule has 0 aliphatic carbocycles. The highest BCUT2D eigenvalue weighted by Gasteiger charge is 2.18. The molecule has 0 heterocycles. The summed E-state index contributed by atoms with van der Waals surface area (Å²) in [7, 11) is 0. The molecule has 29 heavy (non-hydrogen) atoms. The third-order valence-corrected chi connectivity index (χ3v) is 4.72. The van der Waals surface area contributed by atoms with Gasteiger partial charge in [-0.3, -0.25) is 0 Å². The third kappa shape index (κ3) is 6.56. The van der Waals surface area contributed by atoms with E-state index in [4.69, 9.17) is 9.47 Å². The van der Waals surface area contributed by atoms with Gasteiger partial charge < -0.3 is 14.8 Å². The Balaban J connectivity index is 1.45. The molecule has 0 atom stereocenters. The van der Waals surface area contributed by atoms with E-state index in [-0.39, 0.29) is 5.41 Å². The fraction of sp³-hybridized carbons (Fsp3) is 0.308. The lowest BCUT2D eigenvalue weighted by molar-refractivity contribution is 0.320. The van der Waals surface area contributed by atoms with Crippen LogP contribution in [-0.4, -0.2) is 19.8 Å². The molecule has 152 valence electrons. The first-order valence-corrected chi connectivity index (χ1v) is 10.3. The average Bonchev–Trinajstić information content (AvgIpc) is 2.72. The number of rotatable bonds is 9. The van der Waals surface area contributed by atoms with Crippen LogP contribution in [0.2, 0.25) is 0 Å². The highest BCUT2D eigenvalue weighted by atomic mass is 16.5. The average molecular weight is 390 g/mol. The minimum absolute atomic E-state index is 0.0649. The maximum atomic E-state index is 6.04. The van der Waals surface area contributed by atoms with E-state index in [1.54, 1.807) is 0 Å². The summed E-state index contributed by atoms with van der Waals surface area (Å²) in [4.78, 5) is 0. The molecular formula is C26H31NO2. The first-order valence-electron chi connectivity index (χ1n) is 10.3. The van der Waals surface area contributed by atoms with Crippen molar-refractivity contribution < 1.29 is 9.47 Å². The fourth-order valence-electron chi connectivity index (χ4n) is 3.20. The van der Waals surface area contributed by atoms with Crippen LogP contribution in [0.25, 0.3) is 0 Å². The van der Waals surface area contributed by atoms with Crippen LogP contribution in [0.4, 0.5) is 5.69 Å². The molecule has 0 amide bonds. The van der Waals surface area contributed by atoms with E-state index in [1.807, 2.05) is 42.5 Å². The van der Waals surface area contributed by atoms with Gasteiger partial charge in [-0.05, 0) is 34.7 Å². The van der Waals surface area contributed by atoms with E-state index in [1.165, 1.54) is 11.1 Å². The Morgan fingerprint density at radius 2 is 1.52 bits per heavy atom. The Kier molecular flexibility index (Phi) is 7.18. The van der Waals surface area contributed by atoms with Crippen molar-refractivity contribution in [3.05, 3.63) is 90.0 Å². The van der Waals surface area contributed by atoms with Gasteiger partial charge in [0.05, 0.1) is 6.61 Å². The van der Waals surface area contributed by atoms with Crippen molar-refractivity contribution in [1.82, 2.24) is 0 Å². The molecule has 0 aliphatic heterocycles. The summed E-state index contributed by atoms with van der Waals surface area (Å²) < 4.78 is 11.9. The number of hydrogen-bond acceptors (Lipinski definition) is 3. The molecular weight excluding hydrogens is 358 g/mol. The molecule has 0 unspecified atom stereocenters. The van der Waals surface area contributed by atoms with Gasteiger partial charge in [0, 0.05) is 24.7 Å². The zero-order chi connectivity index (χ0) is 20.5. The van der Waals surface area contributed by atoms with Crippen LogP contribution in [-0.2, 0) is 11.8 Å². The van der Waals surface area contributed by atoms with Gasteiger partial charge in [0.2, 0.25) is 0 Å². The first kappa shape index (κ1) is 20.8. The topological polar surface area (TPSA) is 30.5 Å². The Hall–Kier alpha value is -2.94. The third-order valence-electron chi connectivity index (χ3n) is 4.72. The van der Waals surface area contributed by atoms with E-state index in [0.29, 0.717) is 13.2 Å². The van der Waals surface area contributed by atoms with Crippen LogP contribution in [0.5, 0.6) is 11.5 Å². The summed E-state index contributed by atoms with van der Waals surface area (Å²) in [5.74, 6) is 1.84. The molecule has 0 saturated carbocycles.